The van der Waals surface area contributed by atoms with E-state index >= 15 is 0 Å². The number of carboxylic acids is 1. The van der Waals surface area contributed by atoms with Crippen molar-refractivity contribution in [3.05, 3.63) is 35.7 Å². The molecule has 0 spiro atoms. The molecule has 0 bridgehead atoms. The van der Waals surface area contributed by atoms with Crippen LogP contribution < -0.4 is 4.74 Å². The molecule has 0 aliphatic carbocycles. The average Bonchev–Trinajstić information content (AvgIpc) is 2.16. The summed E-state index contributed by atoms with van der Waals surface area (Å²) in [6, 6.07) is 1.63. The molecule has 0 amide bonds. The van der Waals surface area contributed by atoms with Crippen LogP contribution >= 0.6 is 0 Å². The lowest BCUT2D eigenvalue weighted by Crippen LogP contribution is -2.06. The van der Waals surface area contributed by atoms with Crippen LogP contribution in [-0.4, -0.2) is 22.7 Å². The Kier molecular flexibility index (Phi) is 4.05. The SMILES string of the molecule is C=C(C)CCOc1cc(C)ncc1C(=O)O. The fourth-order valence-corrected chi connectivity index (χ4v) is 1.15. The van der Waals surface area contributed by atoms with Gasteiger partial charge in [-0.25, -0.2) is 4.79 Å². The summed E-state index contributed by atoms with van der Waals surface area (Å²) in [7, 11) is 0. The second-order valence-corrected chi connectivity index (χ2v) is 3.68. The molecule has 0 fully saturated rings. The molecule has 0 saturated heterocycles. The Hall–Kier alpha value is -1.84. The highest BCUT2D eigenvalue weighted by atomic mass is 16.5. The minimum absolute atomic E-state index is 0.0901. The molecule has 0 atom stereocenters. The van der Waals surface area contributed by atoms with E-state index < -0.39 is 5.97 Å². The number of carbonyl (C=O) groups is 1. The van der Waals surface area contributed by atoms with Crippen LogP contribution in [0, 0.1) is 6.92 Å². The third-order valence-corrected chi connectivity index (χ3v) is 2.02. The van der Waals surface area contributed by atoms with Crippen molar-refractivity contribution in [2.24, 2.45) is 0 Å². The predicted molar refractivity (Wildman–Crippen MR) is 60.9 cm³/mol. The van der Waals surface area contributed by atoms with Crippen molar-refractivity contribution in [1.29, 1.82) is 0 Å². The van der Waals surface area contributed by atoms with Gasteiger partial charge in [0, 0.05) is 24.4 Å². The number of aromatic carboxylic acids is 1. The first-order valence-electron chi connectivity index (χ1n) is 4.98. The molecular weight excluding hydrogens is 206 g/mol. The van der Waals surface area contributed by atoms with Crippen molar-refractivity contribution >= 4 is 5.97 Å². The van der Waals surface area contributed by atoms with E-state index in [-0.39, 0.29) is 5.56 Å². The maximum Gasteiger partial charge on any atom is 0.341 e. The van der Waals surface area contributed by atoms with Crippen LogP contribution in [0.15, 0.2) is 24.4 Å². The first kappa shape index (κ1) is 12.2. The number of hydrogen-bond donors (Lipinski definition) is 1. The normalized spacial score (nSPS) is 9.88. The molecule has 1 rings (SSSR count). The molecule has 0 radical (unpaired) electrons. The van der Waals surface area contributed by atoms with Gasteiger partial charge >= 0.3 is 5.97 Å². The van der Waals surface area contributed by atoms with Crippen molar-refractivity contribution in [1.82, 2.24) is 4.98 Å². The van der Waals surface area contributed by atoms with Gasteiger partial charge in [-0.05, 0) is 13.8 Å². The largest absolute Gasteiger partial charge is 0.492 e. The van der Waals surface area contributed by atoms with Crippen molar-refractivity contribution < 1.29 is 14.6 Å². The van der Waals surface area contributed by atoms with Crippen LogP contribution in [0.4, 0.5) is 0 Å². The first-order valence-corrected chi connectivity index (χ1v) is 4.98. The third kappa shape index (κ3) is 3.38. The Bertz CT molecular complexity index is 413. The van der Waals surface area contributed by atoms with Gasteiger partial charge in [0.1, 0.15) is 11.3 Å². The molecule has 1 aromatic heterocycles. The molecule has 1 heterocycles. The number of aryl methyl sites for hydroxylation is 1. The highest BCUT2D eigenvalue weighted by molar-refractivity contribution is 5.90. The van der Waals surface area contributed by atoms with Gasteiger partial charge in [-0.1, -0.05) is 5.57 Å². The van der Waals surface area contributed by atoms with E-state index in [1.165, 1.54) is 6.20 Å². The standard InChI is InChI=1S/C12H15NO3/c1-8(2)4-5-16-11-6-9(3)13-7-10(11)12(14)15/h6-7H,1,4-5H2,2-3H3,(H,14,15). The molecule has 16 heavy (non-hydrogen) atoms. The fourth-order valence-electron chi connectivity index (χ4n) is 1.15. The van der Waals surface area contributed by atoms with E-state index in [1.807, 2.05) is 6.92 Å². The number of ether oxygens (including phenoxy) is 1. The highest BCUT2D eigenvalue weighted by Crippen LogP contribution is 2.19. The van der Waals surface area contributed by atoms with E-state index in [1.54, 1.807) is 13.0 Å². The number of pyridine rings is 1. The number of hydrogen-bond acceptors (Lipinski definition) is 3. The maximum atomic E-state index is 10.9. The van der Waals surface area contributed by atoms with Gasteiger partial charge in [0.15, 0.2) is 0 Å². The zero-order chi connectivity index (χ0) is 12.1. The Morgan fingerprint density at radius 2 is 2.31 bits per heavy atom. The predicted octanol–water partition coefficient (Wildman–Crippen LogP) is 2.43. The van der Waals surface area contributed by atoms with Crippen molar-refractivity contribution in [2.45, 2.75) is 20.3 Å². The Balaban J connectivity index is 2.80. The molecular formula is C12H15NO3. The summed E-state index contributed by atoms with van der Waals surface area (Å²) in [5.74, 6) is -0.668. The lowest BCUT2D eigenvalue weighted by atomic mass is 10.2. The monoisotopic (exact) mass is 221 g/mol. The Morgan fingerprint density at radius 3 is 2.88 bits per heavy atom. The molecule has 1 aromatic rings. The van der Waals surface area contributed by atoms with Crippen LogP contribution in [0.5, 0.6) is 5.75 Å². The number of aromatic nitrogens is 1. The molecule has 0 aliphatic rings. The molecule has 1 N–H and O–H groups in total. The second kappa shape index (κ2) is 5.30. The summed E-state index contributed by atoms with van der Waals surface area (Å²) in [5, 5.41) is 8.93. The van der Waals surface area contributed by atoms with Crippen LogP contribution in [0.3, 0.4) is 0 Å². The molecule has 4 heteroatoms. The van der Waals surface area contributed by atoms with Crippen LogP contribution in [0.25, 0.3) is 0 Å². The summed E-state index contributed by atoms with van der Waals surface area (Å²) in [6.07, 6.45) is 2.02. The second-order valence-electron chi connectivity index (χ2n) is 3.68. The summed E-state index contributed by atoms with van der Waals surface area (Å²) < 4.78 is 5.41. The quantitative estimate of drug-likeness (QED) is 0.776. The van der Waals surface area contributed by atoms with Gasteiger partial charge in [-0.3, -0.25) is 4.98 Å². The van der Waals surface area contributed by atoms with E-state index in [0.29, 0.717) is 18.8 Å². The summed E-state index contributed by atoms with van der Waals surface area (Å²) >= 11 is 0. The molecule has 0 aromatic carbocycles. The van der Waals surface area contributed by atoms with Gasteiger partial charge < -0.3 is 9.84 Å². The minimum Gasteiger partial charge on any atom is -0.492 e. The smallest absolute Gasteiger partial charge is 0.341 e. The zero-order valence-corrected chi connectivity index (χ0v) is 9.49. The highest BCUT2D eigenvalue weighted by Gasteiger charge is 2.11. The topological polar surface area (TPSA) is 59.4 Å². The number of carboxylic acid groups (broad SMARTS) is 1. The molecule has 0 saturated carbocycles. The fraction of sp³-hybridized carbons (Fsp3) is 0.333. The number of nitrogens with zero attached hydrogens (tertiary/aromatic N) is 1. The number of rotatable bonds is 5. The van der Waals surface area contributed by atoms with Crippen LogP contribution in [-0.2, 0) is 0 Å². The summed E-state index contributed by atoms with van der Waals surface area (Å²) in [6.45, 7) is 7.87. The van der Waals surface area contributed by atoms with Gasteiger partial charge in [0.05, 0.1) is 6.61 Å². The Morgan fingerprint density at radius 1 is 1.62 bits per heavy atom. The first-order chi connectivity index (χ1) is 7.50. The molecule has 0 unspecified atom stereocenters. The van der Waals surface area contributed by atoms with Crippen LogP contribution in [0.2, 0.25) is 0 Å². The van der Waals surface area contributed by atoms with Crippen molar-refractivity contribution in [3.63, 3.8) is 0 Å². The van der Waals surface area contributed by atoms with Crippen molar-refractivity contribution in [2.75, 3.05) is 6.61 Å². The van der Waals surface area contributed by atoms with Crippen molar-refractivity contribution in [3.8, 4) is 5.75 Å². The zero-order valence-electron chi connectivity index (χ0n) is 9.49. The lowest BCUT2D eigenvalue weighted by molar-refractivity contribution is 0.0692. The summed E-state index contributed by atoms with van der Waals surface area (Å²) in [5.41, 5.74) is 1.82. The minimum atomic E-state index is -1.03. The van der Waals surface area contributed by atoms with Gasteiger partial charge in [0.25, 0.3) is 0 Å². The van der Waals surface area contributed by atoms with E-state index in [9.17, 15) is 4.79 Å². The maximum absolute atomic E-state index is 10.9. The van der Waals surface area contributed by atoms with E-state index in [4.69, 9.17) is 9.84 Å². The van der Waals surface area contributed by atoms with Gasteiger partial charge in [0.2, 0.25) is 0 Å². The van der Waals surface area contributed by atoms with E-state index in [0.717, 1.165) is 11.3 Å². The lowest BCUT2D eigenvalue weighted by Gasteiger charge is -2.09. The van der Waals surface area contributed by atoms with Crippen LogP contribution in [0.1, 0.15) is 29.4 Å². The van der Waals surface area contributed by atoms with Gasteiger partial charge in [-0.2, -0.15) is 0 Å². The summed E-state index contributed by atoms with van der Waals surface area (Å²) in [4.78, 5) is 14.8. The third-order valence-electron chi connectivity index (χ3n) is 2.02. The Labute approximate surface area is 94.6 Å². The molecule has 86 valence electrons. The molecule has 0 aliphatic heterocycles. The van der Waals surface area contributed by atoms with E-state index in [2.05, 4.69) is 11.6 Å². The van der Waals surface area contributed by atoms with Gasteiger partial charge in [-0.15, -0.1) is 6.58 Å². The molecule has 4 nitrogen and oxygen atoms in total. The average molecular weight is 221 g/mol.